The topological polar surface area (TPSA) is 44.0 Å². The quantitative estimate of drug-likeness (QED) is 0.899. The van der Waals surface area contributed by atoms with E-state index in [1.807, 2.05) is 12.3 Å². The molecular weight excluding hydrogens is 248 g/mol. The van der Waals surface area contributed by atoms with E-state index in [4.69, 9.17) is 0 Å². The minimum absolute atomic E-state index is 0.645. The van der Waals surface area contributed by atoms with E-state index in [9.17, 15) is 0 Å². The minimum Gasteiger partial charge on any atom is -0.346 e. The van der Waals surface area contributed by atoms with Crippen molar-refractivity contribution in [3.63, 3.8) is 0 Å². The zero-order chi connectivity index (χ0) is 13.9. The maximum absolute atomic E-state index is 4.34. The number of rotatable bonds is 4. The summed E-state index contributed by atoms with van der Waals surface area (Å²) in [7, 11) is 0. The first-order valence-corrected chi connectivity index (χ1v) is 7.62. The minimum atomic E-state index is 0.645. The van der Waals surface area contributed by atoms with Gasteiger partial charge < -0.3 is 15.2 Å². The second kappa shape index (κ2) is 5.94. The van der Waals surface area contributed by atoms with Gasteiger partial charge in [0.25, 0.3) is 0 Å². The van der Waals surface area contributed by atoms with Gasteiger partial charge in [0.15, 0.2) is 0 Å². The van der Waals surface area contributed by atoms with Crippen molar-refractivity contribution in [3.05, 3.63) is 30.1 Å². The van der Waals surface area contributed by atoms with Crippen molar-refractivity contribution in [2.45, 2.75) is 45.3 Å². The highest BCUT2D eigenvalue weighted by Crippen LogP contribution is 2.17. The molecule has 0 unspecified atom stereocenters. The third-order valence-electron chi connectivity index (χ3n) is 4.38. The molecule has 1 aliphatic heterocycles. The first-order chi connectivity index (χ1) is 9.74. The Kier molecular flexibility index (Phi) is 4.03. The lowest BCUT2D eigenvalue weighted by molar-refractivity contribution is 0.161. The SMILES string of the molecule is CC(C)N1CCC(NCc2c[nH]c3ncccc23)CC1. The fourth-order valence-corrected chi connectivity index (χ4v) is 3.03. The summed E-state index contributed by atoms with van der Waals surface area (Å²) in [5.74, 6) is 0. The summed E-state index contributed by atoms with van der Waals surface area (Å²) in [5, 5.41) is 4.94. The molecule has 0 bridgehead atoms. The molecule has 108 valence electrons. The molecule has 0 spiro atoms. The molecule has 0 saturated carbocycles. The molecule has 0 atom stereocenters. The Bertz CT molecular complexity index is 552. The van der Waals surface area contributed by atoms with Gasteiger partial charge in [-0.3, -0.25) is 0 Å². The van der Waals surface area contributed by atoms with E-state index >= 15 is 0 Å². The molecule has 2 N–H and O–H groups in total. The molecule has 3 rings (SSSR count). The number of likely N-dealkylation sites (tertiary alicyclic amines) is 1. The lowest BCUT2D eigenvalue weighted by Gasteiger charge is -2.35. The largest absolute Gasteiger partial charge is 0.346 e. The molecule has 2 aromatic rings. The molecule has 1 fully saturated rings. The molecule has 1 saturated heterocycles. The van der Waals surface area contributed by atoms with Crippen LogP contribution >= 0.6 is 0 Å². The smallest absolute Gasteiger partial charge is 0.137 e. The molecule has 3 heterocycles. The molecule has 0 radical (unpaired) electrons. The molecule has 0 amide bonds. The average Bonchev–Trinajstić information content (AvgIpc) is 2.89. The Balaban J connectivity index is 1.55. The summed E-state index contributed by atoms with van der Waals surface area (Å²) in [6.45, 7) is 7.92. The van der Waals surface area contributed by atoms with Gasteiger partial charge in [0.2, 0.25) is 0 Å². The number of hydrogen-bond acceptors (Lipinski definition) is 3. The summed E-state index contributed by atoms with van der Waals surface area (Å²) >= 11 is 0. The van der Waals surface area contributed by atoms with Crippen molar-refractivity contribution in [2.24, 2.45) is 0 Å². The van der Waals surface area contributed by atoms with Crippen LogP contribution in [0.2, 0.25) is 0 Å². The first kappa shape index (κ1) is 13.6. The predicted molar refractivity (Wildman–Crippen MR) is 82.7 cm³/mol. The first-order valence-electron chi connectivity index (χ1n) is 7.62. The van der Waals surface area contributed by atoms with Crippen LogP contribution in [0.25, 0.3) is 11.0 Å². The second-order valence-corrected chi connectivity index (χ2v) is 6.00. The van der Waals surface area contributed by atoms with Gasteiger partial charge in [-0.05, 0) is 57.5 Å². The van der Waals surface area contributed by atoms with Gasteiger partial charge in [0.05, 0.1) is 0 Å². The summed E-state index contributed by atoms with van der Waals surface area (Å²) < 4.78 is 0. The Morgan fingerprint density at radius 2 is 2.20 bits per heavy atom. The van der Waals surface area contributed by atoms with Crippen molar-refractivity contribution in [3.8, 4) is 0 Å². The van der Waals surface area contributed by atoms with Crippen LogP contribution in [-0.2, 0) is 6.54 Å². The highest BCUT2D eigenvalue weighted by molar-refractivity contribution is 5.79. The van der Waals surface area contributed by atoms with Gasteiger partial charge >= 0.3 is 0 Å². The third kappa shape index (κ3) is 2.86. The maximum atomic E-state index is 4.34. The van der Waals surface area contributed by atoms with Gasteiger partial charge in [-0.1, -0.05) is 0 Å². The van der Waals surface area contributed by atoms with E-state index in [2.05, 4.69) is 46.3 Å². The van der Waals surface area contributed by atoms with Crippen LogP contribution in [0.5, 0.6) is 0 Å². The van der Waals surface area contributed by atoms with E-state index in [1.54, 1.807) is 0 Å². The van der Waals surface area contributed by atoms with E-state index in [1.165, 1.54) is 36.9 Å². The van der Waals surface area contributed by atoms with Gasteiger partial charge in [0.1, 0.15) is 5.65 Å². The number of piperidine rings is 1. The molecular formula is C16H24N4. The molecule has 0 aliphatic carbocycles. The number of H-pyrrole nitrogens is 1. The lowest BCUT2D eigenvalue weighted by Crippen LogP contribution is -2.44. The number of aromatic amines is 1. The zero-order valence-electron chi connectivity index (χ0n) is 12.4. The number of fused-ring (bicyclic) bond motifs is 1. The highest BCUT2D eigenvalue weighted by Gasteiger charge is 2.20. The van der Waals surface area contributed by atoms with Crippen LogP contribution in [0, 0.1) is 0 Å². The summed E-state index contributed by atoms with van der Waals surface area (Å²) in [4.78, 5) is 10.1. The molecule has 4 heteroatoms. The number of aromatic nitrogens is 2. The van der Waals surface area contributed by atoms with E-state index in [0.29, 0.717) is 12.1 Å². The van der Waals surface area contributed by atoms with E-state index in [-0.39, 0.29) is 0 Å². The molecule has 20 heavy (non-hydrogen) atoms. The number of hydrogen-bond donors (Lipinski definition) is 2. The Morgan fingerprint density at radius 3 is 2.95 bits per heavy atom. The van der Waals surface area contributed by atoms with Crippen molar-refractivity contribution >= 4 is 11.0 Å². The standard InChI is InChI=1S/C16H24N4/c1-12(2)20-8-5-14(6-9-20)18-10-13-11-19-16-15(13)4-3-7-17-16/h3-4,7,11-12,14,18H,5-6,8-10H2,1-2H3,(H,17,19). The van der Waals surface area contributed by atoms with Crippen molar-refractivity contribution in [2.75, 3.05) is 13.1 Å². The fourth-order valence-electron chi connectivity index (χ4n) is 3.03. The van der Waals surface area contributed by atoms with Crippen molar-refractivity contribution in [1.29, 1.82) is 0 Å². The molecule has 0 aromatic carbocycles. The fraction of sp³-hybridized carbons (Fsp3) is 0.562. The molecule has 1 aliphatic rings. The maximum Gasteiger partial charge on any atom is 0.137 e. The number of pyridine rings is 1. The molecule has 4 nitrogen and oxygen atoms in total. The van der Waals surface area contributed by atoms with Gasteiger partial charge in [0, 0.05) is 36.4 Å². The second-order valence-electron chi connectivity index (χ2n) is 6.00. The van der Waals surface area contributed by atoms with E-state index in [0.717, 1.165) is 12.2 Å². The summed E-state index contributed by atoms with van der Waals surface area (Å²) in [5.41, 5.74) is 2.30. The normalized spacial score (nSPS) is 18.1. The Hall–Kier alpha value is -1.39. The molecule has 2 aromatic heterocycles. The number of nitrogens with zero attached hydrogens (tertiary/aromatic N) is 2. The summed E-state index contributed by atoms with van der Waals surface area (Å²) in [6, 6.07) is 5.46. The number of nitrogens with one attached hydrogen (secondary N) is 2. The van der Waals surface area contributed by atoms with Crippen molar-refractivity contribution in [1.82, 2.24) is 20.2 Å². The lowest BCUT2D eigenvalue weighted by atomic mass is 10.0. The van der Waals surface area contributed by atoms with Gasteiger partial charge in [-0.15, -0.1) is 0 Å². The average molecular weight is 272 g/mol. The van der Waals surface area contributed by atoms with E-state index < -0.39 is 0 Å². The third-order valence-corrected chi connectivity index (χ3v) is 4.38. The van der Waals surface area contributed by atoms with Crippen LogP contribution in [0.3, 0.4) is 0 Å². The Labute approximate surface area is 120 Å². The van der Waals surface area contributed by atoms with Crippen LogP contribution in [0.1, 0.15) is 32.3 Å². The predicted octanol–water partition coefficient (Wildman–Crippen LogP) is 2.53. The van der Waals surface area contributed by atoms with Crippen LogP contribution in [-0.4, -0.2) is 40.0 Å². The van der Waals surface area contributed by atoms with Crippen molar-refractivity contribution < 1.29 is 0 Å². The Morgan fingerprint density at radius 1 is 1.40 bits per heavy atom. The monoisotopic (exact) mass is 272 g/mol. The summed E-state index contributed by atoms with van der Waals surface area (Å²) in [6.07, 6.45) is 6.41. The van der Waals surface area contributed by atoms with Gasteiger partial charge in [-0.2, -0.15) is 0 Å². The van der Waals surface area contributed by atoms with Gasteiger partial charge in [-0.25, -0.2) is 4.98 Å². The zero-order valence-corrected chi connectivity index (χ0v) is 12.4. The highest BCUT2D eigenvalue weighted by atomic mass is 15.2. The van der Waals surface area contributed by atoms with Crippen LogP contribution in [0.15, 0.2) is 24.5 Å². The van der Waals surface area contributed by atoms with Crippen LogP contribution < -0.4 is 5.32 Å². The van der Waals surface area contributed by atoms with Crippen LogP contribution in [0.4, 0.5) is 0 Å².